The van der Waals surface area contributed by atoms with Crippen LogP contribution in [0.2, 0.25) is 0 Å². The number of amides is 2. The van der Waals surface area contributed by atoms with E-state index in [9.17, 15) is 14.9 Å². The Morgan fingerprint density at radius 1 is 1.00 bits per heavy atom. The topological polar surface area (TPSA) is 91.2 Å². The minimum atomic E-state index is -0.412. The minimum absolute atomic E-state index is 0.0162. The molecule has 0 aliphatic rings. The fourth-order valence-electron chi connectivity index (χ4n) is 3.14. The van der Waals surface area contributed by atoms with Crippen molar-refractivity contribution in [2.45, 2.75) is 12.8 Å². The first-order chi connectivity index (χ1) is 16.5. The predicted octanol–water partition coefficient (Wildman–Crippen LogP) is 5.12. The molecule has 0 atom stereocenters. The summed E-state index contributed by atoms with van der Waals surface area (Å²) in [5, 5.41) is 15.0. The summed E-state index contributed by atoms with van der Waals surface area (Å²) >= 11 is 3.42. The summed E-state index contributed by atoms with van der Waals surface area (Å²) in [7, 11) is 0. The fourth-order valence-corrected chi connectivity index (χ4v) is 3.65. The lowest BCUT2D eigenvalue weighted by Crippen LogP contribution is -2.25. The molecule has 2 amide bonds. The van der Waals surface area contributed by atoms with E-state index in [2.05, 4.69) is 26.6 Å². The van der Waals surface area contributed by atoms with Crippen LogP contribution in [0.5, 0.6) is 5.75 Å². The Morgan fingerprint density at radius 2 is 1.71 bits per heavy atom. The maximum atomic E-state index is 12.4. The van der Waals surface area contributed by atoms with E-state index in [1.165, 1.54) is 11.6 Å². The second-order valence-corrected chi connectivity index (χ2v) is 8.26. The van der Waals surface area contributed by atoms with E-state index in [-0.39, 0.29) is 18.1 Å². The summed E-state index contributed by atoms with van der Waals surface area (Å²) in [5.74, 6) is -0.216. The molecule has 172 valence electrons. The summed E-state index contributed by atoms with van der Waals surface area (Å²) < 4.78 is 6.19. The highest BCUT2D eigenvalue weighted by molar-refractivity contribution is 9.10. The summed E-state index contributed by atoms with van der Waals surface area (Å²) in [4.78, 5) is 24.5. The zero-order valence-electron chi connectivity index (χ0n) is 18.5. The monoisotopic (exact) mass is 517 g/mol. The van der Waals surface area contributed by atoms with Crippen LogP contribution >= 0.6 is 15.9 Å². The van der Waals surface area contributed by atoms with Crippen LogP contribution in [0, 0.1) is 11.3 Å². The SMILES string of the molecule is N#C/C(=C/c1ccc(OCC(=O)Nc2ccccc2)c(Br)c1)C(=O)NCCCc1ccccc1. The smallest absolute Gasteiger partial charge is 0.262 e. The van der Waals surface area contributed by atoms with Crippen LogP contribution in [-0.4, -0.2) is 25.0 Å². The molecule has 3 aromatic rings. The average Bonchev–Trinajstić information content (AvgIpc) is 2.85. The number of para-hydroxylation sites is 1. The molecule has 3 aromatic carbocycles. The first-order valence-corrected chi connectivity index (χ1v) is 11.6. The van der Waals surface area contributed by atoms with E-state index in [0.29, 0.717) is 28.0 Å². The number of carbonyl (C=O) groups is 2. The van der Waals surface area contributed by atoms with Gasteiger partial charge in [0.15, 0.2) is 6.61 Å². The molecule has 3 rings (SSSR count). The molecule has 7 heteroatoms. The molecule has 0 fully saturated rings. The van der Waals surface area contributed by atoms with Gasteiger partial charge in [0.25, 0.3) is 11.8 Å². The van der Waals surface area contributed by atoms with Gasteiger partial charge in [0.05, 0.1) is 4.47 Å². The number of carbonyl (C=O) groups excluding carboxylic acids is 2. The number of aryl methyl sites for hydroxylation is 1. The third-order valence-corrected chi connectivity index (χ3v) is 5.44. The van der Waals surface area contributed by atoms with Crippen LogP contribution in [0.3, 0.4) is 0 Å². The number of nitrogens with one attached hydrogen (secondary N) is 2. The molecule has 2 N–H and O–H groups in total. The van der Waals surface area contributed by atoms with Crippen molar-refractivity contribution in [3.63, 3.8) is 0 Å². The lowest BCUT2D eigenvalue weighted by molar-refractivity contribution is -0.118. The second kappa shape index (κ2) is 13.0. The first kappa shape index (κ1) is 24.7. The first-order valence-electron chi connectivity index (χ1n) is 10.8. The van der Waals surface area contributed by atoms with Crippen molar-refractivity contribution in [1.82, 2.24) is 5.32 Å². The van der Waals surface area contributed by atoms with Gasteiger partial charge in [-0.1, -0.05) is 54.6 Å². The molecule has 6 nitrogen and oxygen atoms in total. The summed E-state index contributed by atoms with van der Waals surface area (Å²) in [6.45, 7) is 0.325. The Morgan fingerprint density at radius 3 is 2.38 bits per heavy atom. The van der Waals surface area contributed by atoms with Gasteiger partial charge in [0.2, 0.25) is 0 Å². The molecular weight excluding hydrogens is 494 g/mol. The number of ether oxygens (including phenoxy) is 1. The Labute approximate surface area is 207 Å². The number of halogens is 1. The molecule has 0 aliphatic heterocycles. The Bertz CT molecular complexity index is 1190. The minimum Gasteiger partial charge on any atom is -0.483 e. The number of benzene rings is 3. The van der Waals surface area contributed by atoms with E-state index >= 15 is 0 Å². The van der Waals surface area contributed by atoms with Gasteiger partial charge in [-0.05, 0) is 70.2 Å². The Balaban J connectivity index is 1.51. The predicted molar refractivity (Wildman–Crippen MR) is 136 cm³/mol. The van der Waals surface area contributed by atoms with Crippen molar-refractivity contribution in [3.8, 4) is 11.8 Å². The van der Waals surface area contributed by atoms with Crippen LogP contribution in [0.15, 0.2) is 88.9 Å². The van der Waals surface area contributed by atoms with Crippen molar-refractivity contribution < 1.29 is 14.3 Å². The van der Waals surface area contributed by atoms with E-state index < -0.39 is 5.91 Å². The number of anilines is 1. The van der Waals surface area contributed by atoms with Crippen molar-refractivity contribution in [2.24, 2.45) is 0 Å². The summed E-state index contributed by atoms with van der Waals surface area (Å²) in [6.07, 6.45) is 3.15. The Hall–Kier alpha value is -3.89. The van der Waals surface area contributed by atoms with E-state index in [4.69, 9.17) is 4.74 Å². The maximum absolute atomic E-state index is 12.4. The van der Waals surface area contributed by atoms with E-state index in [0.717, 1.165) is 12.8 Å². The molecule has 0 spiro atoms. The van der Waals surface area contributed by atoms with Crippen LogP contribution in [-0.2, 0) is 16.0 Å². The summed E-state index contributed by atoms with van der Waals surface area (Å²) in [6, 6.07) is 26.2. The van der Waals surface area contributed by atoms with Gasteiger partial charge in [0.1, 0.15) is 17.4 Å². The normalized spacial score (nSPS) is 10.8. The molecule has 0 saturated carbocycles. The average molecular weight is 518 g/mol. The standard InChI is InChI=1S/C27H24BrN3O3/c28-24-17-21(13-14-25(24)34-19-26(32)31-23-11-5-2-6-12-23)16-22(18-29)27(33)30-15-7-10-20-8-3-1-4-9-20/h1-6,8-9,11-14,16-17H,7,10,15,19H2,(H,30,33)(H,31,32)/b22-16-. The lowest BCUT2D eigenvalue weighted by Gasteiger charge is -2.10. The van der Waals surface area contributed by atoms with Gasteiger partial charge in [-0.25, -0.2) is 0 Å². The molecule has 0 saturated heterocycles. The van der Waals surface area contributed by atoms with Gasteiger partial charge in [-0.15, -0.1) is 0 Å². The van der Waals surface area contributed by atoms with Gasteiger partial charge >= 0.3 is 0 Å². The van der Waals surface area contributed by atoms with Gasteiger partial charge in [-0.3, -0.25) is 9.59 Å². The van der Waals surface area contributed by atoms with Crippen molar-refractivity contribution in [1.29, 1.82) is 5.26 Å². The third-order valence-electron chi connectivity index (χ3n) is 4.82. The van der Waals surface area contributed by atoms with Crippen LogP contribution in [0.1, 0.15) is 17.5 Å². The van der Waals surface area contributed by atoms with Gasteiger partial charge in [0, 0.05) is 12.2 Å². The molecule has 0 aromatic heterocycles. The van der Waals surface area contributed by atoms with Crippen molar-refractivity contribution >= 4 is 39.5 Å². The molecule has 0 bridgehead atoms. The molecular formula is C27H24BrN3O3. The lowest BCUT2D eigenvalue weighted by atomic mass is 10.1. The highest BCUT2D eigenvalue weighted by atomic mass is 79.9. The number of nitrogens with zero attached hydrogens (tertiary/aromatic N) is 1. The number of rotatable bonds is 10. The maximum Gasteiger partial charge on any atom is 0.262 e. The van der Waals surface area contributed by atoms with E-state index in [1.807, 2.05) is 54.6 Å². The fraction of sp³-hybridized carbons (Fsp3) is 0.148. The molecule has 0 radical (unpaired) electrons. The zero-order valence-corrected chi connectivity index (χ0v) is 20.0. The quantitative estimate of drug-likeness (QED) is 0.221. The molecule has 0 heterocycles. The largest absolute Gasteiger partial charge is 0.483 e. The molecule has 34 heavy (non-hydrogen) atoms. The third kappa shape index (κ3) is 7.91. The Kier molecular flexibility index (Phi) is 9.44. The van der Waals surface area contributed by atoms with Crippen LogP contribution in [0.4, 0.5) is 5.69 Å². The number of hydrogen-bond acceptors (Lipinski definition) is 4. The van der Waals surface area contributed by atoms with Gasteiger partial charge < -0.3 is 15.4 Å². The van der Waals surface area contributed by atoms with Crippen LogP contribution < -0.4 is 15.4 Å². The highest BCUT2D eigenvalue weighted by Gasteiger charge is 2.10. The number of hydrogen-bond donors (Lipinski definition) is 2. The highest BCUT2D eigenvalue weighted by Crippen LogP contribution is 2.27. The zero-order chi connectivity index (χ0) is 24.2. The van der Waals surface area contributed by atoms with Crippen LogP contribution in [0.25, 0.3) is 6.08 Å². The van der Waals surface area contributed by atoms with Crippen molar-refractivity contribution in [3.05, 3.63) is 100 Å². The van der Waals surface area contributed by atoms with Crippen molar-refractivity contribution in [2.75, 3.05) is 18.5 Å². The van der Waals surface area contributed by atoms with E-state index in [1.54, 1.807) is 30.3 Å². The molecule has 0 aliphatic carbocycles. The van der Waals surface area contributed by atoms with Gasteiger partial charge in [-0.2, -0.15) is 5.26 Å². The number of nitriles is 1. The molecule has 0 unspecified atom stereocenters. The second-order valence-electron chi connectivity index (χ2n) is 7.41. The summed E-state index contributed by atoms with van der Waals surface area (Å²) in [5.41, 5.74) is 2.57.